The van der Waals surface area contributed by atoms with Gasteiger partial charge < -0.3 is 15.7 Å². The zero-order chi connectivity index (χ0) is 19.5. The average Bonchev–Trinajstić information content (AvgIpc) is 3.08. The molecule has 0 saturated heterocycles. The maximum absolute atomic E-state index is 12.1. The number of fused-ring (bicyclic) bond motifs is 1. The van der Waals surface area contributed by atoms with Gasteiger partial charge in [0, 0.05) is 19.3 Å². The maximum atomic E-state index is 12.1. The summed E-state index contributed by atoms with van der Waals surface area (Å²) >= 11 is 0. The molecule has 0 spiro atoms. The van der Waals surface area contributed by atoms with Crippen molar-refractivity contribution in [3.63, 3.8) is 0 Å². The van der Waals surface area contributed by atoms with E-state index in [0.29, 0.717) is 16.8 Å². The van der Waals surface area contributed by atoms with Crippen molar-refractivity contribution in [1.29, 1.82) is 10.5 Å². The number of hydrogen-bond acceptors (Lipinski definition) is 9. The van der Waals surface area contributed by atoms with Crippen LogP contribution in [-0.4, -0.2) is 27.2 Å². The molecule has 1 aromatic carbocycles. The third-order valence-corrected chi connectivity index (χ3v) is 2.96. The van der Waals surface area contributed by atoms with Gasteiger partial charge in [-0.25, -0.2) is 15.5 Å². The van der Waals surface area contributed by atoms with Crippen molar-refractivity contribution in [2.24, 2.45) is 10.9 Å². The summed E-state index contributed by atoms with van der Waals surface area (Å²) in [6, 6.07) is 5.26. The van der Waals surface area contributed by atoms with Crippen LogP contribution in [0.5, 0.6) is 0 Å². The number of hydrazone groups is 1. The number of rotatable bonds is 3. The van der Waals surface area contributed by atoms with Crippen LogP contribution >= 0.6 is 0 Å². The highest BCUT2D eigenvalue weighted by atomic mass is 16.5. The number of nitrogens with zero attached hydrogens (tertiary/aromatic N) is 6. The Morgan fingerprint density at radius 3 is 2.62 bits per heavy atom. The van der Waals surface area contributed by atoms with Gasteiger partial charge >= 0.3 is 0 Å². The molecule has 2 heterocycles. The molecule has 0 aliphatic rings. The average molecular weight is 350 g/mol. The normalized spacial score (nSPS) is 9.58. The fraction of sp³-hybridized carbons (Fsp3) is 0.0625. The summed E-state index contributed by atoms with van der Waals surface area (Å²) in [5.41, 5.74) is 2.24. The van der Waals surface area contributed by atoms with Crippen molar-refractivity contribution in [3.8, 4) is 13.1 Å². The smallest absolute Gasteiger partial charge is 0.277 e. The third-order valence-electron chi connectivity index (χ3n) is 2.96. The molecule has 0 aliphatic heterocycles. The number of carbonyl (C=O) groups excluding carboxylic acids is 1. The first-order valence-corrected chi connectivity index (χ1v) is 6.91. The van der Waals surface area contributed by atoms with Gasteiger partial charge in [0.05, 0.1) is 23.5 Å². The first-order valence-electron chi connectivity index (χ1n) is 6.91. The van der Waals surface area contributed by atoms with Gasteiger partial charge in [0.15, 0.2) is 11.4 Å². The van der Waals surface area contributed by atoms with Crippen LogP contribution in [-0.2, 0) is 0 Å². The van der Waals surface area contributed by atoms with Crippen LogP contribution in [0.4, 0.5) is 5.82 Å². The Hall–Kier alpha value is -4.31. The van der Waals surface area contributed by atoms with Crippen LogP contribution in [0.1, 0.15) is 21.7 Å². The van der Waals surface area contributed by atoms with Gasteiger partial charge in [0.25, 0.3) is 5.91 Å². The molecule has 10 heteroatoms. The molecule has 0 fully saturated rings. The number of carbonyl (C=O) groups is 1. The number of amides is 1. The number of hydrogen-bond donors (Lipinski definition) is 2. The Morgan fingerprint density at radius 2 is 2.00 bits per heavy atom. The minimum atomic E-state index is -0.416. The molecule has 0 radical (unpaired) electrons. The third kappa shape index (κ3) is 4.59. The zero-order valence-electron chi connectivity index (χ0n) is 13.7. The predicted molar refractivity (Wildman–Crippen MR) is 93.9 cm³/mol. The summed E-state index contributed by atoms with van der Waals surface area (Å²) in [5.74, 6) is 5.02. The molecule has 0 bridgehead atoms. The second-order valence-electron chi connectivity index (χ2n) is 4.56. The van der Waals surface area contributed by atoms with E-state index in [1.165, 1.54) is 18.6 Å². The van der Waals surface area contributed by atoms with Gasteiger partial charge in [-0.05, 0) is 30.7 Å². The number of nitriles is 2. The van der Waals surface area contributed by atoms with E-state index in [4.69, 9.17) is 20.9 Å². The standard InChI is InChI=1S/C14H12N6O2.2CHN/c1-8-5-17-11(7-16-8)14(21)19-13-10-4-9(6-18-15)2-3-12(10)22-20-13;2*1-2/h2-7H,15H2,1H3,(H,19,20,21);2*1H. The molecule has 130 valence electrons. The SMILES string of the molecule is C#N.C#N.Cc1cnc(C(=O)Nc2noc3ccc(C=NN)cc23)cn1. The number of aryl methyl sites for hydroxylation is 1. The molecule has 0 unspecified atom stereocenters. The molecule has 0 atom stereocenters. The van der Waals surface area contributed by atoms with Crippen LogP contribution in [0, 0.1) is 30.6 Å². The van der Waals surface area contributed by atoms with E-state index in [1.807, 2.05) is 0 Å². The van der Waals surface area contributed by atoms with Crippen LogP contribution < -0.4 is 11.2 Å². The molecular formula is C16H14N8O2. The van der Waals surface area contributed by atoms with Crippen molar-refractivity contribution < 1.29 is 9.32 Å². The topological polar surface area (TPSA) is 167 Å². The van der Waals surface area contributed by atoms with E-state index in [9.17, 15) is 4.79 Å². The fourth-order valence-corrected chi connectivity index (χ4v) is 1.89. The molecule has 2 aromatic heterocycles. The number of aromatic nitrogens is 3. The summed E-state index contributed by atoms with van der Waals surface area (Å²) < 4.78 is 5.16. The second kappa shape index (κ2) is 9.75. The highest BCUT2D eigenvalue weighted by Gasteiger charge is 2.14. The number of anilines is 1. The van der Waals surface area contributed by atoms with Crippen molar-refractivity contribution in [2.75, 3.05) is 5.32 Å². The van der Waals surface area contributed by atoms with Gasteiger partial charge in [0.1, 0.15) is 5.69 Å². The number of nitrogens with two attached hydrogens (primary N) is 1. The summed E-state index contributed by atoms with van der Waals surface area (Å²) in [6.07, 6.45) is 4.41. The van der Waals surface area contributed by atoms with E-state index in [0.717, 1.165) is 11.3 Å². The van der Waals surface area contributed by atoms with Gasteiger partial charge in [-0.3, -0.25) is 9.78 Å². The predicted octanol–water partition coefficient (Wildman–Crippen LogP) is 1.75. The Kier molecular flexibility index (Phi) is 7.40. The zero-order valence-corrected chi connectivity index (χ0v) is 13.7. The van der Waals surface area contributed by atoms with E-state index in [-0.39, 0.29) is 5.69 Å². The van der Waals surface area contributed by atoms with Gasteiger partial charge in [-0.2, -0.15) is 5.10 Å². The first kappa shape index (κ1) is 19.7. The highest BCUT2D eigenvalue weighted by Crippen LogP contribution is 2.23. The first-order chi connectivity index (χ1) is 12.7. The monoisotopic (exact) mass is 350 g/mol. The van der Waals surface area contributed by atoms with E-state index in [1.54, 1.807) is 25.1 Å². The number of benzene rings is 1. The van der Waals surface area contributed by atoms with Crippen LogP contribution in [0.2, 0.25) is 0 Å². The molecule has 3 aromatic rings. The van der Waals surface area contributed by atoms with Crippen molar-refractivity contribution in [2.45, 2.75) is 6.92 Å². The number of nitrogens with one attached hydrogen (secondary N) is 1. The molecule has 1 amide bonds. The lowest BCUT2D eigenvalue weighted by molar-refractivity contribution is 0.102. The Balaban J connectivity index is 0.000000791. The summed E-state index contributed by atoms with van der Waals surface area (Å²) in [7, 11) is 0. The summed E-state index contributed by atoms with van der Waals surface area (Å²) in [4.78, 5) is 20.2. The lowest BCUT2D eigenvalue weighted by Gasteiger charge is -2.01. The van der Waals surface area contributed by atoms with Crippen LogP contribution in [0.25, 0.3) is 11.0 Å². The molecule has 0 aliphatic carbocycles. The van der Waals surface area contributed by atoms with Gasteiger partial charge in [-0.1, -0.05) is 5.16 Å². The lowest BCUT2D eigenvalue weighted by Crippen LogP contribution is -2.14. The van der Waals surface area contributed by atoms with Gasteiger partial charge in [-0.15, -0.1) is 0 Å². The molecule has 26 heavy (non-hydrogen) atoms. The lowest BCUT2D eigenvalue weighted by atomic mass is 10.2. The van der Waals surface area contributed by atoms with Crippen molar-refractivity contribution in [3.05, 3.63) is 47.5 Å². The molecule has 3 rings (SSSR count). The van der Waals surface area contributed by atoms with Crippen LogP contribution in [0.15, 0.2) is 40.2 Å². The second-order valence-corrected chi connectivity index (χ2v) is 4.56. The molecule has 10 nitrogen and oxygen atoms in total. The fourth-order valence-electron chi connectivity index (χ4n) is 1.89. The minimum absolute atomic E-state index is 0.196. The Morgan fingerprint density at radius 1 is 1.27 bits per heavy atom. The van der Waals surface area contributed by atoms with Gasteiger partial charge in [0.2, 0.25) is 0 Å². The van der Waals surface area contributed by atoms with E-state index < -0.39 is 5.91 Å². The van der Waals surface area contributed by atoms with Crippen molar-refractivity contribution >= 4 is 28.9 Å². The van der Waals surface area contributed by atoms with Crippen molar-refractivity contribution in [1.82, 2.24) is 15.1 Å². The van der Waals surface area contributed by atoms with E-state index in [2.05, 4.69) is 38.7 Å². The summed E-state index contributed by atoms with van der Waals surface area (Å²) in [6.45, 7) is 8.79. The Bertz CT molecular complexity index is 935. The minimum Gasteiger partial charge on any atom is -0.354 e. The van der Waals surface area contributed by atoms with Crippen LogP contribution in [0.3, 0.4) is 0 Å². The highest BCUT2D eigenvalue weighted by molar-refractivity contribution is 6.06. The Labute approximate surface area is 148 Å². The van der Waals surface area contributed by atoms with E-state index >= 15 is 0 Å². The largest absolute Gasteiger partial charge is 0.354 e. The molecule has 3 N–H and O–H groups in total. The quantitative estimate of drug-likeness (QED) is 0.409. The summed E-state index contributed by atoms with van der Waals surface area (Å²) in [5, 5.41) is 23.6. The molecule has 0 saturated carbocycles. The maximum Gasteiger partial charge on any atom is 0.277 e. The molecular weight excluding hydrogens is 336 g/mol.